The van der Waals surface area contributed by atoms with Crippen molar-refractivity contribution in [3.8, 4) is 0 Å². The first-order valence-electron chi connectivity index (χ1n) is 6.71. The van der Waals surface area contributed by atoms with E-state index in [2.05, 4.69) is 20.6 Å². The molecule has 1 saturated carbocycles. The van der Waals surface area contributed by atoms with E-state index in [1.807, 2.05) is 24.4 Å². The van der Waals surface area contributed by atoms with Gasteiger partial charge in [0.1, 0.15) is 5.82 Å². The third-order valence-corrected chi connectivity index (χ3v) is 3.13. The van der Waals surface area contributed by atoms with Crippen LogP contribution in [0.1, 0.15) is 28.8 Å². The molecule has 2 aromatic heterocycles. The van der Waals surface area contributed by atoms with Gasteiger partial charge in [0.25, 0.3) is 5.91 Å². The van der Waals surface area contributed by atoms with Crippen molar-refractivity contribution >= 4 is 11.7 Å². The van der Waals surface area contributed by atoms with Crippen LogP contribution in [0.25, 0.3) is 0 Å². The van der Waals surface area contributed by atoms with Crippen molar-refractivity contribution in [1.29, 1.82) is 0 Å². The Kier molecular flexibility index (Phi) is 3.58. The number of hydrogen-bond donors (Lipinski definition) is 2. The quantitative estimate of drug-likeness (QED) is 0.870. The molecule has 3 rings (SSSR count). The minimum Gasteiger partial charge on any atom is -0.366 e. The Morgan fingerprint density at radius 2 is 2.15 bits per heavy atom. The Morgan fingerprint density at radius 1 is 1.25 bits per heavy atom. The van der Waals surface area contributed by atoms with Crippen molar-refractivity contribution in [2.75, 3.05) is 5.32 Å². The lowest BCUT2D eigenvalue weighted by atomic mass is 10.2. The third kappa shape index (κ3) is 3.32. The predicted octanol–water partition coefficient (Wildman–Crippen LogP) is 1.98. The normalized spacial score (nSPS) is 13.8. The van der Waals surface area contributed by atoms with Crippen molar-refractivity contribution in [3.05, 3.63) is 54.0 Å². The number of aromatic nitrogens is 2. The average molecular weight is 268 g/mol. The first-order valence-corrected chi connectivity index (χ1v) is 6.71. The van der Waals surface area contributed by atoms with Crippen molar-refractivity contribution in [2.24, 2.45) is 0 Å². The molecule has 1 fully saturated rings. The molecule has 0 radical (unpaired) electrons. The summed E-state index contributed by atoms with van der Waals surface area (Å²) in [6.07, 6.45) is 7.33. The van der Waals surface area contributed by atoms with Crippen LogP contribution in [0.15, 0.2) is 42.9 Å². The second-order valence-electron chi connectivity index (χ2n) is 4.89. The summed E-state index contributed by atoms with van der Waals surface area (Å²) in [6.45, 7) is 0.661. The van der Waals surface area contributed by atoms with E-state index >= 15 is 0 Å². The Morgan fingerprint density at radius 3 is 2.80 bits per heavy atom. The van der Waals surface area contributed by atoms with Crippen LogP contribution in [0.5, 0.6) is 0 Å². The zero-order valence-electron chi connectivity index (χ0n) is 11.0. The van der Waals surface area contributed by atoms with E-state index < -0.39 is 0 Å². The van der Waals surface area contributed by atoms with E-state index in [4.69, 9.17) is 0 Å². The molecule has 0 saturated heterocycles. The molecule has 1 aliphatic carbocycles. The maximum Gasteiger partial charge on any atom is 0.253 e. The van der Waals surface area contributed by atoms with Gasteiger partial charge in [0.15, 0.2) is 0 Å². The highest BCUT2D eigenvalue weighted by Gasteiger charge is 2.23. The summed E-state index contributed by atoms with van der Waals surface area (Å²) in [5.41, 5.74) is 1.69. The van der Waals surface area contributed by atoms with Gasteiger partial charge in [0.05, 0.1) is 5.56 Å². The molecule has 2 heterocycles. The summed E-state index contributed by atoms with van der Waals surface area (Å²) in [7, 11) is 0. The molecule has 0 atom stereocenters. The van der Waals surface area contributed by atoms with Crippen LogP contribution >= 0.6 is 0 Å². The minimum atomic E-state index is -0.0428. The second kappa shape index (κ2) is 5.69. The smallest absolute Gasteiger partial charge is 0.253 e. The number of carbonyl (C=O) groups excluding carboxylic acids is 1. The van der Waals surface area contributed by atoms with Crippen molar-refractivity contribution < 1.29 is 4.79 Å². The number of carbonyl (C=O) groups is 1. The maximum atomic E-state index is 11.8. The average Bonchev–Trinajstić information content (AvgIpc) is 3.31. The fraction of sp³-hybridized carbons (Fsp3) is 0.267. The molecule has 0 unspecified atom stereocenters. The zero-order chi connectivity index (χ0) is 13.8. The second-order valence-corrected chi connectivity index (χ2v) is 4.89. The number of rotatable bonds is 5. The van der Waals surface area contributed by atoms with Gasteiger partial charge in [-0.1, -0.05) is 6.07 Å². The summed E-state index contributed by atoms with van der Waals surface area (Å²) < 4.78 is 0. The summed E-state index contributed by atoms with van der Waals surface area (Å²) in [6, 6.07) is 7.87. The molecule has 1 aliphatic rings. The molecule has 5 nitrogen and oxygen atoms in total. The number of nitrogens with one attached hydrogen (secondary N) is 2. The molecule has 20 heavy (non-hydrogen) atoms. The Hall–Kier alpha value is -2.43. The largest absolute Gasteiger partial charge is 0.366 e. The van der Waals surface area contributed by atoms with Crippen LogP contribution in [0.2, 0.25) is 0 Å². The van der Waals surface area contributed by atoms with Gasteiger partial charge in [-0.3, -0.25) is 9.78 Å². The molecule has 2 aromatic rings. The molecule has 102 valence electrons. The van der Waals surface area contributed by atoms with Gasteiger partial charge in [-0.25, -0.2) is 4.98 Å². The lowest BCUT2D eigenvalue weighted by Gasteiger charge is -2.07. The summed E-state index contributed by atoms with van der Waals surface area (Å²) in [4.78, 5) is 20.1. The van der Waals surface area contributed by atoms with Crippen LogP contribution in [0.3, 0.4) is 0 Å². The van der Waals surface area contributed by atoms with E-state index in [1.165, 1.54) is 0 Å². The Bertz CT molecular complexity index is 579. The van der Waals surface area contributed by atoms with E-state index in [0.29, 0.717) is 18.2 Å². The van der Waals surface area contributed by atoms with Crippen LogP contribution in [0, 0.1) is 0 Å². The van der Waals surface area contributed by atoms with Gasteiger partial charge in [0.2, 0.25) is 0 Å². The van der Waals surface area contributed by atoms with E-state index in [-0.39, 0.29) is 5.91 Å². The minimum absolute atomic E-state index is 0.0428. The van der Waals surface area contributed by atoms with Gasteiger partial charge in [-0.15, -0.1) is 0 Å². The van der Waals surface area contributed by atoms with Crippen molar-refractivity contribution in [1.82, 2.24) is 15.3 Å². The monoisotopic (exact) mass is 268 g/mol. The topological polar surface area (TPSA) is 66.9 Å². The van der Waals surface area contributed by atoms with Crippen LogP contribution in [0.4, 0.5) is 5.82 Å². The maximum absolute atomic E-state index is 11.8. The van der Waals surface area contributed by atoms with E-state index in [1.54, 1.807) is 18.5 Å². The number of amides is 1. The van der Waals surface area contributed by atoms with Gasteiger partial charge >= 0.3 is 0 Å². The molecule has 0 aromatic carbocycles. The third-order valence-electron chi connectivity index (χ3n) is 3.13. The fourth-order valence-electron chi connectivity index (χ4n) is 1.82. The standard InChI is InChI=1S/C15H16N4O/c20-15(19-13-4-5-13)12-3-6-14(18-10-12)17-9-11-2-1-7-16-8-11/h1-3,6-8,10,13H,4-5,9H2,(H,17,18)(H,19,20). The van der Waals surface area contributed by atoms with E-state index in [9.17, 15) is 4.79 Å². The lowest BCUT2D eigenvalue weighted by molar-refractivity contribution is 0.0951. The Balaban J connectivity index is 1.56. The molecule has 2 N–H and O–H groups in total. The van der Waals surface area contributed by atoms with Crippen molar-refractivity contribution in [2.45, 2.75) is 25.4 Å². The molecular formula is C15H16N4O. The van der Waals surface area contributed by atoms with Crippen LogP contribution in [-0.2, 0) is 6.54 Å². The predicted molar refractivity (Wildman–Crippen MR) is 76.3 cm³/mol. The van der Waals surface area contributed by atoms with Gasteiger partial charge in [-0.05, 0) is 36.6 Å². The molecular weight excluding hydrogens is 252 g/mol. The molecule has 1 amide bonds. The number of anilines is 1. The highest BCUT2D eigenvalue weighted by atomic mass is 16.1. The zero-order valence-corrected chi connectivity index (χ0v) is 11.0. The molecule has 5 heteroatoms. The van der Waals surface area contributed by atoms with Crippen LogP contribution in [-0.4, -0.2) is 21.9 Å². The lowest BCUT2D eigenvalue weighted by Crippen LogP contribution is -2.25. The number of pyridine rings is 2. The highest BCUT2D eigenvalue weighted by Crippen LogP contribution is 2.19. The molecule has 0 bridgehead atoms. The Labute approximate surface area is 117 Å². The summed E-state index contributed by atoms with van der Waals surface area (Å²) in [5.74, 6) is 0.704. The van der Waals surface area contributed by atoms with Crippen molar-refractivity contribution in [3.63, 3.8) is 0 Å². The summed E-state index contributed by atoms with van der Waals surface area (Å²) >= 11 is 0. The van der Waals surface area contributed by atoms with Gasteiger partial charge in [0, 0.05) is 31.2 Å². The van der Waals surface area contributed by atoms with Gasteiger partial charge in [-0.2, -0.15) is 0 Å². The fourth-order valence-corrected chi connectivity index (χ4v) is 1.82. The molecule has 0 aliphatic heterocycles. The number of hydrogen-bond acceptors (Lipinski definition) is 4. The van der Waals surface area contributed by atoms with Gasteiger partial charge < -0.3 is 10.6 Å². The SMILES string of the molecule is O=C(NC1CC1)c1ccc(NCc2cccnc2)nc1. The van der Waals surface area contributed by atoms with E-state index in [0.717, 1.165) is 24.2 Å². The summed E-state index contributed by atoms with van der Waals surface area (Å²) in [5, 5.41) is 6.14. The first kappa shape index (κ1) is 12.6. The highest BCUT2D eigenvalue weighted by molar-refractivity contribution is 5.94. The first-order chi connectivity index (χ1) is 9.81. The molecule has 0 spiro atoms. The number of nitrogens with zero attached hydrogens (tertiary/aromatic N) is 2. The van der Waals surface area contributed by atoms with Crippen LogP contribution < -0.4 is 10.6 Å².